The van der Waals surface area contributed by atoms with E-state index in [1.165, 1.54) is 0 Å². The molecule has 1 unspecified atom stereocenters. The number of nitrogens with two attached hydrogens (primary N) is 1. The molecule has 0 saturated heterocycles. The minimum Gasteiger partial charge on any atom is -0.266 e. The lowest BCUT2D eigenvalue weighted by molar-refractivity contribution is -0.114. The maximum Gasteiger partial charge on any atom is 0.282 e. The summed E-state index contributed by atoms with van der Waals surface area (Å²) in [5.74, 6) is -0.589. The van der Waals surface area contributed by atoms with Gasteiger partial charge in [-0.05, 0) is 35.8 Å². The summed E-state index contributed by atoms with van der Waals surface area (Å²) in [6.45, 7) is 1.68. The van der Waals surface area contributed by atoms with Crippen molar-refractivity contribution in [1.82, 2.24) is 0 Å². The molecule has 0 bridgehead atoms. The predicted octanol–water partition coefficient (Wildman–Crippen LogP) is 4.44. The lowest BCUT2D eigenvalue weighted by Crippen LogP contribution is -2.15. The zero-order valence-corrected chi connectivity index (χ0v) is 15.7. The molecule has 0 radical (unpaired) electrons. The number of rotatable bonds is 4. The van der Waals surface area contributed by atoms with Crippen LogP contribution in [0.1, 0.15) is 18.1 Å². The van der Waals surface area contributed by atoms with Crippen LogP contribution in [-0.4, -0.2) is 10.1 Å². The molecule has 0 aliphatic carbocycles. The number of hydrogen-bond donors (Lipinski definition) is 1. The highest BCUT2D eigenvalue weighted by Gasteiger charge is 2.17. The van der Waals surface area contributed by atoms with Crippen LogP contribution in [0.15, 0.2) is 106 Å². The van der Waals surface area contributed by atoms with Gasteiger partial charge in [-0.25, -0.2) is 9.35 Å². The minimum absolute atomic E-state index is 0.326. The number of carbonyl (C=O) groups is 1. The van der Waals surface area contributed by atoms with Crippen LogP contribution in [0.3, 0.4) is 0 Å². The van der Waals surface area contributed by atoms with Gasteiger partial charge >= 0.3 is 0 Å². The van der Waals surface area contributed by atoms with E-state index >= 15 is 0 Å². The maximum atomic E-state index is 12.8. The van der Waals surface area contributed by atoms with Gasteiger partial charge in [0, 0.05) is 5.57 Å². The first-order chi connectivity index (χ1) is 13.0. The van der Waals surface area contributed by atoms with Gasteiger partial charge in [0.1, 0.15) is 9.92 Å². The average molecular weight is 376 g/mol. The second-order valence-corrected chi connectivity index (χ2v) is 7.80. The van der Waals surface area contributed by atoms with E-state index in [1.54, 1.807) is 37.3 Å². The van der Waals surface area contributed by atoms with Crippen molar-refractivity contribution in [3.05, 3.63) is 108 Å². The molecule has 0 heterocycles. The van der Waals surface area contributed by atoms with Crippen LogP contribution in [0, 0.1) is 0 Å². The number of benzene rings is 3. The first-order valence-corrected chi connectivity index (χ1v) is 10.0. The molecule has 3 rings (SSSR count). The summed E-state index contributed by atoms with van der Waals surface area (Å²) in [5, 5.41) is 5.87. The van der Waals surface area contributed by atoms with Gasteiger partial charge in [0.25, 0.3) is 5.91 Å². The summed E-state index contributed by atoms with van der Waals surface area (Å²) in [7, 11) is -3.31. The highest BCUT2D eigenvalue weighted by molar-refractivity contribution is 7.91. The van der Waals surface area contributed by atoms with Gasteiger partial charge in [0.15, 0.2) is 0 Å². The molecule has 3 aromatic carbocycles. The zero-order valence-electron chi connectivity index (χ0n) is 14.9. The molecule has 0 fully saturated rings. The third-order valence-electron chi connectivity index (χ3n) is 4.12. The molecule has 0 saturated carbocycles. The Morgan fingerprint density at radius 3 is 1.63 bits per heavy atom. The molecule has 0 aliphatic heterocycles. The predicted molar refractivity (Wildman–Crippen MR) is 109 cm³/mol. The second kappa shape index (κ2) is 8.12. The van der Waals surface area contributed by atoms with E-state index < -0.39 is 15.8 Å². The van der Waals surface area contributed by atoms with Crippen LogP contribution in [-0.2, 0) is 14.7 Å². The van der Waals surface area contributed by atoms with E-state index in [0.717, 1.165) is 16.7 Å². The van der Waals surface area contributed by atoms with Gasteiger partial charge in [0.2, 0.25) is 0 Å². The Labute approximate surface area is 159 Å². The molecule has 0 aromatic heterocycles. The van der Waals surface area contributed by atoms with Crippen molar-refractivity contribution < 1.29 is 9.00 Å². The summed E-state index contributed by atoms with van der Waals surface area (Å²) in [6, 6.07) is 27.6. The van der Waals surface area contributed by atoms with E-state index in [0.29, 0.717) is 10.5 Å². The Morgan fingerprint density at radius 1 is 0.778 bits per heavy atom. The van der Waals surface area contributed by atoms with Crippen molar-refractivity contribution in [2.45, 2.75) is 11.8 Å². The van der Waals surface area contributed by atoms with Crippen LogP contribution < -0.4 is 5.14 Å². The van der Waals surface area contributed by atoms with Gasteiger partial charge in [-0.2, -0.15) is 0 Å². The highest BCUT2D eigenvalue weighted by Crippen LogP contribution is 2.27. The molecule has 1 atom stereocenters. The lowest BCUT2D eigenvalue weighted by atomic mass is 9.93. The first-order valence-electron chi connectivity index (χ1n) is 8.45. The highest BCUT2D eigenvalue weighted by atomic mass is 32.2. The number of carbonyl (C=O) groups excluding carboxylic acids is 1. The Hall–Kier alpha value is -3.02. The topological polar surface area (TPSA) is 72.5 Å². The van der Waals surface area contributed by atoms with Gasteiger partial charge in [-0.1, -0.05) is 78.9 Å². The quantitative estimate of drug-likeness (QED) is 0.684. The monoisotopic (exact) mass is 376 g/mol. The Kier molecular flexibility index (Phi) is 5.64. The minimum atomic E-state index is -3.31. The molecule has 2 N–H and O–H groups in total. The standard InChI is InChI=1S/C22H20N2O2S/c1-17(22(25)24-27(23,26)20-15-9-4-10-16-20)21(18-11-5-2-6-12-18)19-13-7-3-8-14-19/h2-16H,1H3,(H2,23,24,25,26). The SMILES string of the molecule is CC(C(=O)N=S(N)(=O)c1ccccc1)=C(c1ccccc1)c1ccccc1. The second-order valence-electron chi connectivity index (χ2n) is 6.01. The van der Waals surface area contributed by atoms with Crippen molar-refractivity contribution in [2.24, 2.45) is 9.50 Å². The third-order valence-corrected chi connectivity index (χ3v) is 5.50. The first kappa shape index (κ1) is 18.8. The van der Waals surface area contributed by atoms with Crippen LogP contribution in [0.4, 0.5) is 0 Å². The maximum absolute atomic E-state index is 12.8. The molecule has 5 heteroatoms. The summed E-state index contributed by atoms with van der Waals surface area (Å²) in [5.41, 5.74) is 2.90. The van der Waals surface area contributed by atoms with E-state index in [9.17, 15) is 9.00 Å². The number of nitrogens with zero attached hydrogens (tertiary/aromatic N) is 1. The van der Waals surface area contributed by atoms with Gasteiger partial charge < -0.3 is 0 Å². The Morgan fingerprint density at radius 2 is 1.19 bits per heavy atom. The Balaban J connectivity index is 2.14. The normalized spacial score (nSPS) is 12.7. The van der Waals surface area contributed by atoms with Crippen LogP contribution >= 0.6 is 0 Å². The summed E-state index contributed by atoms with van der Waals surface area (Å²) in [6.07, 6.45) is 0. The summed E-state index contributed by atoms with van der Waals surface area (Å²) in [4.78, 5) is 13.2. The fraction of sp³-hybridized carbons (Fsp3) is 0.0455. The van der Waals surface area contributed by atoms with Crippen LogP contribution in [0.5, 0.6) is 0 Å². The molecule has 0 spiro atoms. The van der Waals surface area contributed by atoms with E-state index in [1.807, 2.05) is 60.7 Å². The molecular formula is C22H20N2O2S. The Bertz CT molecular complexity index is 1040. The van der Waals surface area contributed by atoms with Crippen molar-refractivity contribution >= 4 is 21.4 Å². The largest absolute Gasteiger partial charge is 0.282 e. The number of amides is 1. The van der Waals surface area contributed by atoms with Crippen molar-refractivity contribution in [3.63, 3.8) is 0 Å². The van der Waals surface area contributed by atoms with Crippen molar-refractivity contribution in [1.29, 1.82) is 0 Å². The molecule has 27 heavy (non-hydrogen) atoms. The fourth-order valence-electron chi connectivity index (χ4n) is 2.78. The average Bonchev–Trinajstić information content (AvgIpc) is 2.70. The lowest BCUT2D eigenvalue weighted by Gasteiger charge is -2.12. The zero-order chi connectivity index (χ0) is 19.3. The fourth-order valence-corrected chi connectivity index (χ4v) is 3.81. The van der Waals surface area contributed by atoms with E-state index in [-0.39, 0.29) is 0 Å². The smallest absolute Gasteiger partial charge is 0.266 e. The van der Waals surface area contributed by atoms with Crippen molar-refractivity contribution in [3.8, 4) is 0 Å². The summed E-state index contributed by atoms with van der Waals surface area (Å²) >= 11 is 0. The molecule has 1 amide bonds. The van der Waals surface area contributed by atoms with E-state index in [2.05, 4.69) is 4.36 Å². The van der Waals surface area contributed by atoms with E-state index in [4.69, 9.17) is 5.14 Å². The molecule has 3 aromatic rings. The van der Waals surface area contributed by atoms with Gasteiger partial charge in [-0.15, -0.1) is 4.36 Å². The molecule has 136 valence electrons. The molecule has 4 nitrogen and oxygen atoms in total. The van der Waals surface area contributed by atoms with Gasteiger partial charge in [-0.3, -0.25) is 4.79 Å². The van der Waals surface area contributed by atoms with Crippen molar-refractivity contribution in [2.75, 3.05) is 0 Å². The van der Waals surface area contributed by atoms with Crippen LogP contribution in [0.2, 0.25) is 0 Å². The van der Waals surface area contributed by atoms with Crippen LogP contribution in [0.25, 0.3) is 5.57 Å². The number of hydrogen-bond acceptors (Lipinski definition) is 2. The molecular weight excluding hydrogens is 356 g/mol. The summed E-state index contributed by atoms with van der Waals surface area (Å²) < 4.78 is 16.6. The molecule has 0 aliphatic rings. The van der Waals surface area contributed by atoms with Gasteiger partial charge in [0.05, 0.1) is 4.90 Å². The third kappa shape index (κ3) is 4.39.